The van der Waals surface area contributed by atoms with E-state index in [2.05, 4.69) is 71.3 Å². The van der Waals surface area contributed by atoms with Gasteiger partial charge in [-0.05, 0) is 37.1 Å². The SMILES string of the molecule is c1ccc(NCCCCCCCCNc2ccccc2)cc1. The molecule has 0 unspecified atom stereocenters. The van der Waals surface area contributed by atoms with Crippen molar-refractivity contribution in [3.8, 4) is 0 Å². The van der Waals surface area contributed by atoms with Crippen LogP contribution in [-0.4, -0.2) is 13.1 Å². The summed E-state index contributed by atoms with van der Waals surface area (Å²) in [4.78, 5) is 0. The molecule has 0 amide bonds. The second-order valence-corrected chi connectivity index (χ2v) is 5.71. The van der Waals surface area contributed by atoms with Crippen molar-refractivity contribution in [3.05, 3.63) is 60.7 Å². The number of unbranched alkanes of at least 4 members (excludes halogenated alkanes) is 5. The summed E-state index contributed by atoms with van der Waals surface area (Å²) in [6.45, 7) is 2.17. The van der Waals surface area contributed by atoms with Crippen molar-refractivity contribution in [3.63, 3.8) is 0 Å². The zero-order chi connectivity index (χ0) is 15.3. The van der Waals surface area contributed by atoms with Crippen LogP contribution in [0.15, 0.2) is 60.7 Å². The van der Waals surface area contributed by atoms with Crippen molar-refractivity contribution < 1.29 is 0 Å². The number of benzene rings is 2. The quantitative estimate of drug-likeness (QED) is 0.531. The van der Waals surface area contributed by atoms with Crippen LogP contribution in [0, 0.1) is 0 Å². The predicted molar refractivity (Wildman–Crippen MR) is 97.6 cm³/mol. The molecule has 0 fully saturated rings. The van der Waals surface area contributed by atoms with E-state index >= 15 is 0 Å². The molecule has 2 heteroatoms. The highest BCUT2D eigenvalue weighted by atomic mass is 14.9. The van der Waals surface area contributed by atoms with Crippen LogP contribution in [-0.2, 0) is 0 Å². The van der Waals surface area contributed by atoms with Crippen LogP contribution in [0.4, 0.5) is 11.4 Å². The van der Waals surface area contributed by atoms with Crippen molar-refractivity contribution in [2.24, 2.45) is 0 Å². The highest BCUT2D eigenvalue weighted by Gasteiger charge is 1.93. The Labute approximate surface area is 135 Å². The van der Waals surface area contributed by atoms with Gasteiger partial charge in [0.25, 0.3) is 0 Å². The van der Waals surface area contributed by atoms with Crippen LogP contribution < -0.4 is 10.6 Å². The van der Waals surface area contributed by atoms with Crippen molar-refractivity contribution in [2.45, 2.75) is 38.5 Å². The molecule has 0 spiro atoms. The Morgan fingerprint density at radius 3 is 1.23 bits per heavy atom. The first-order valence-corrected chi connectivity index (χ1v) is 8.53. The number of nitrogens with one attached hydrogen (secondary N) is 2. The zero-order valence-corrected chi connectivity index (χ0v) is 13.4. The maximum atomic E-state index is 3.46. The first kappa shape index (κ1) is 16.4. The molecule has 0 saturated heterocycles. The zero-order valence-electron chi connectivity index (χ0n) is 13.4. The second-order valence-electron chi connectivity index (χ2n) is 5.71. The minimum atomic E-state index is 1.08. The van der Waals surface area contributed by atoms with Gasteiger partial charge in [0.1, 0.15) is 0 Å². The molecule has 2 rings (SSSR count). The summed E-state index contributed by atoms with van der Waals surface area (Å²) >= 11 is 0. The van der Waals surface area contributed by atoms with E-state index in [1.165, 1.54) is 49.9 Å². The van der Waals surface area contributed by atoms with Crippen LogP contribution in [0.25, 0.3) is 0 Å². The average Bonchev–Trinajstić information content (AvgIpc) is 2.58. The van der Waals surface area contributed by atoms with Crippen LogP contribution in [0.5, 0.6) is 0 Å². The lowest BCUT2D eigenvalue weighted by Crippen LogP contribution is -2.02. The minimum absolute atomic E-state index is 1.08. The highest BCUT2D eigenvalue weighted by molar-refractivity contribution is 5.42. The van der Waals surface area contributed by atoms with Gasteiger partial charge in [0.15, 0.2) is 0 Å². The minimum Gasteiger partial charge on any atom is -0.385 e. The molecular weight excluding hydrogens is 268 g/mol. The lowest BCUT2D eigenvalue weighted by atomic mass is 10.1. The van der Waals surface area contributed by atoms with Crippen LogP contribution >= 0.6 is 0 Å². The maximum Gasteiger partial charge on any atom is 0.0340 e. The Balaban J connectivity index is 1.37. The Morgan fingerprint density at radius 2 is 0.818 bits per heavy atom. The fourth-order valence-corrected chi connectivity index (χ4v) is 2.53. The van der Waals surface area contributed by atoms with E-state index in [0.717, 1.165) is 13.1 Å². The molecule has 0 saturated carbocycles. The summed E-state index contributed by atoms with van der Waals surface area (Å²) in [5, 5.41) is 6.93. The third kappa shape index (κ3) is 7.16. The summed E-state index contributed by atoms with van der Waals surface area (Å²) in [5.41, 5.74) is 2.46. The Bertz CT molecular complexity index is 434. The standard InChI is InChI=1S/C20H28N2/c1(3-11-17-21-19-13-7-5-8-14-19)2-4-12-18-22-20-15-9-6-10-16-20/h5-10,13-16,21-22H,1-4,11-12,17-18H2. The molecule has 2 nitrogen and oxygen atoms in total. The van der Waals surface area contributed by atoms with Gasteiger partial charge in [0.05, 0.1) is 0 Å². The molecule has 2 aromatic carbocycles. The molecule has 0 atom stereocenters. The number of rotatable bonds is 11. The summed E-state index contributed by atoms with van der Waals surface area (Å²) in [5.74, 6) is 0. The molecule has 0 aromatic heterocycles. The highest BCUT2D eigenvalue weighted by Crippen LogP contribution is 2.09. The molecular formula is C20H28N2. The molecule has 0 aliphatic carbocycles. The molecule has 0 aliphatic rings. The first-order chi connectivity index (χ1) is 10.9. The van der Waals surface area contributed by atoms with Crippen molar-refractivity contribution >= 4 is 11.4 Å². The Kier molecular flexibility index (Phi) is 8.00. The van der Waals surface area contributed by atoms with Crippen LogP contribution in [0.3, 0.4) is 0 Å². The van der Waals surface area contributed by atoms with E-state index in [1.54, 1.807) is 0 Å². The summed E-state index contributed by atoms with van der Waals surface area (Å²) in [7, 11) is 0. The third-order valence-electron chi connectivity index (χ3n) is 3.81. The molecule has 0 radical (unpaired) electrons. The fraction of sp³-hybridized carbons (Fsp3) is 0.400. The lowest BCUT2D eigenvalue weighted by molar-refractivity contribution is 0.610. The second kappa shape index (κ2) is 10.7. The summed E-state index contributed by atoms with van der Waals surface area (Å²) in [6, 6.07) is 20.9. The van der Waals surface area contributed by atoms with E-state index in [4.69, 9.17) is 0 Å². The number of para-hydroxylation sites is 2. The lowest BCUT2D eigenvalue weighted by Gasteiger charge is -2.07. The van der Waals surface area contributed by atoms with Crippen LogP contribution in [0.1, 0.15) is 38.5 Å². The van der Waals surface area contributed by atoms with E-state index in [0.29, 0.717) is 0 Å². The Morgan fingerprint density at radius 1 is 0.455 bits per heavy atom. The summed E-state index contributed by atoms with van der Waals surface area (Å²) < 4.78 is 0. The van der Waals surface area contributed by atoms with Gasteiger partial charge in [-0.25, -0.2) is 0 Å². The van der Waals surface area contributed by atoms with E-state index in [-0.39, 0.29) is 0 Å². The summed E-state index contributed by atoms with van der Waals surface area (Å²) in [6.07, 6.45) is 7.87. The Hall–Kier alpha value is -1.96. The predicted octanol–water partition coefficient (Wildman–Crippen LogP) is 5.55. The van der Waals surface area contributed by atoms with Gasteiger partial charge in [-0.1, -0.05) is 62.1 Å². The molecule has 0 aliphatic heterocycles. The van der Waals surface area contributed by atoms with Gasteiger partial charge >= 0.3 is 0 Å². The van der Waals surface area contributed by atoms with Gasteiger partial charge < -0.3 is 10.6 Å². The monoisotopic (exact) mass is 296 g/mol. The molecule has 118 valence electrons. The normalized spacial score (nSPS) is 10.4. The molecule has 2 aromatic rings. The van der Waals surface area contributed by atoms with Gasteiger partial charge in [0.2, 0.25) is 0 Å². The number of hydrogen-bond acceptors (Lipinski definition) is 2. The van der Waals surface area contributed by atoms with E-state index in [9.17, 15) is 0 Å². The van der Waals surface area contributed by atoms with Crippen molar-refractivity contribution in [1.29, 1.82) is 0 Å². The largest absolute Gasteiger partial charge is 0.385 e. The topological polar surface area (TPSA) is 24.1 Å². The molecule has 22 heavy (non-hydrogen) atoms. The number of anilines is 2. The smallest absolute Gasteiger partial charge is 0.0340 e. The van der Waals surface area contributed by atoms with Crippen molar-refractivity contribution in [1.82, 2.24) is 0 Å². The molecule has 0 bridgehead atoms. The maximum absolute atomic E-state index is 3.46. The van der Waals surface area contributed by atoms with Crippen molar-refractivity contribution in [2.75, 3.05) is 23.7 Å². The van der Waals surface area contributed by atoms with Gasteiger partial charge in [0, 0.05) is 24.5 Å². The van der Waals surface area contributed by atoms with Gasteiger partial charge in [-0.15, -0.1) is 0 Å². The van der Waals surface area contributed by atoms with Gasteiger partial charge in [-0.3, -0.25) is 0 Å². The van der Waals surface area contributed by atoms with E-state index < -0.39 is 0 Å². The fourth-order valence-electron chi connectivity index (χ4n) is 2.53. The third-order valence-corrected chi connectivity index (χ3v) is 3.81. The average molecular weight is 296 g/mol. The van der Waals surface area contributed by atoms with E-state index in [1.807, 2.05) is 0 Å². The van der Waals surface area contributed by atoms with Crippen LogP contribution in [0.2, 0.25) is 0 Å². The molecule has 2 N–H and O–H groups in total. The number of hydrogen-bond donors (Lipinski definition) is 2. The van der Waals surface area contributed by atoms with Gasteiger partial charge in [-0.2, -0.15) is 0 Å². The first-order valence-electron chi connectivity index (χ1n) is 8.53. The molecule has 0 heterocycles.